The van der Waals surface area contributed by atoms with Crippen molar-refractivity contribution >= 4 is 5.97 Å². The first-order valence-corrected chi connectivity index (χ1v) is 3.99. The summed E-state index contributed by atoms with van der Waals surface area (Å²) >= 11 is 0. The Kier molecular flexibility index (Phi) is 2.81. The summed E-state index contributed by atoms with van der Waals surface area (Å²) < 4.78 is 4.95. The lowest BCUT2D eigenvalue weighted by atomic mass is 10.2. The second-order valence-corrected chi connectivity index (χ2v) is 2.55. The highest BCUT2D eigenvalue weighted by molar-refractivity contribution is 5.92. The molecule has 0 aliphatic heterocycles. The molecule has 0 amide bonds. The number of carbonyl (C=O) groups is 1. The van der Waals surface area contributed by atoms with Crippen LogP contribution in [-0.2, 0) is 0 Å². The number of carboxylic acid groups (broad SMARTS) is 1. The fraction of sp³-hybridized carbons (Fsp3) is 0.222. The van der Waals surface area contributed by atoms with Gasteiger partial charge in [-0.15, -0.1) is 0 Å². The molecule has 0 unspecified atom stereocenters. The van der Waals surface area contributed by atoms with Crippen molar-refractivity contribution in [1.29, 1.82) is 0 Å². The molecule has 1 rings (SSSR count). The first kappa shape index (κ1) is 10.2. The number of ether oxygens (including phenoxy) is 1. The summed E-state index contributed by atoms with van der Waals surface area (Å²) in [6.07, 6.45) is 0. The van der Waals surface area contributed by atoms with E-state index in [4.69, 9.17) is 9.84 Å². The average Bonchev–Trinajstić information content (AvgIpc) is 2.13. The van der Waals surface area contributed by atoms with Gasteiger partial charge in [-0.25, -0.2) is 4.79 Å². The van der Waals surface area contributed by atoms with Crippen LogP contribution in [0.1, 0.15) is 17.3 Å². The summed E-state index contributed by atoms with van der Waals surface area (Å²) in [5, 5.41) is 27.2. The molecule has 0 heterocycles. The predicted octanol–water partition coefficient (Wildman–Crippen LogP) is 1.19. The van der Waals surface area contributed by atoms with E-state index in [0.29, 0.717) is 6.61 Å². The van der Waals surface area contributed by atoms with Gasteiger partial charge >= 0.3 is 5.97 Å². The van der Waals surface area contributed by atoms with Gasteiger partial charge < -0.3 is 20.1 Å². The van der Waals surface area contributed by atoms with Gasteiger partial charge in [-0.3, -0.25) is 0 Å². The minimum Gasteiger partial charge on any atom is -0.504 e. The Morgan fingerprint density at radius 2 is 2.00 bits per heavy atom. The molecule has 0 aromatic heterocycles. The van der Waals surface area contributed by atoms with E-state index in [1.165, 1.54) is 12.1 Å². The second-order valence-electron chi connectivity index (χ2n) is 2.55. The van der Waals surface area contributed by atoms with Crippen LogP contribution in [0, 0.1) is 0 Å². The summed E-state index contributed by atoms with van der Waals surface area (Å²) in [4.78, 5) is 10.5. The SMILES string of the molecule is CCOc1ccc(C(=O)O)c(O)c1O. The third kappa shape index (κ3) is 1.71. The zero-order chi connectivity index (χ0) is 10.7. The maximum absolute atomic E-state index is 10.5. The van der Waals surface area contributed by atoms with Crippen LogP contribution in [0.15, 0.2) is 12.1 Å². The van der Waals surface area contributed by atoms with Crippen LogP contribution in [-0.4, -0.2) is 27.9 Å². The molecule has 1 aromatic carbocycles. The molecular formula is C9H10O5. The van der Waals surface area contributed by atoms with Gasteiger partial charge in [0.2, 0.25) is 5.75 Å². The Hall–Kier alpha value is -1.91. The summed E-state index contributed by atoms with van der Waals surface area (Å²) in [6.45, 7) is 2.03. The van der Waals surface area contributed by atoms with Gasteiger partial charge in [0.15, 0.2) is 11.5 Å². The lowest BCUT2D eigenvalue weighted by molar-refractivity contribution is 0.0693. The van der Waals surface area contributed by atoms with Crippen molar-refractivity contribution in [3.8, 4) is 17.2 Å². The van der Waals surface area contributed by atoms with Gasteiger partial charge in [0.1, 0.15) is 5.56 Å². The van der Waals surface area contributed by atoms with Crippen LogP contribution in [0.3, 0.4) is 0 Å². The molecule has 0 fully saturated rings. The van der Waals surface area contributed by atoms with Gasteiger partial charge in [-0.05, 0) is 19.1 Å². The minimum absolute atomic E-state index is 0.0648. The lowest BCUT2D eigenvalue weighted by Gasteiger charge is -2.08. The van der Waals surface area contributed by atoms with Gasteiger partial charge in [-0.1, -0.05) is 0 Å². The zero-order valence-corrected chi connectivity index (χ0v) is 7.52. The molecule has 0 saturated carbocycles. The first-order valence-electron chi connectivity index (χ1n) is 3.99. The predicted molar refractivity (Wildman–Crippen MR) is 47.9 cm³/mol. The summed E-state index contributed by atoms with van der Waals surface area (Å²) in [5.74, 6) is -2.47. The Labute approximate surface area is 80.2 Å². The normalized spacial score (nSPS) is 9.79. The van der Waals surface area contributed by atoms with Gasteiger partial charge in [0.25, 0.3) is 0 Å². The maximum Gasteiger partial charge on any atom is 0.339 e. The van der Waals surface area contributed by atoms with Gasteiger partial charge in [-0.2, -0.15) is 0 Å². The van der Waals surface area contributed by atoms with E-state index in [0.717, 1.165) is 0 Å². The third-order valence-electron chi connectivity index (χ3n) is 1.64. The number of hydrogen-bond donors (Lipinski definition) is 3. The molecule has 1 aromatic rings. The molecule has 76 valence electrons. The molecule has 0 bridgehead atoms. The van der Waals surface area contributed by atoms with E-state index >= 15 is 0 Å². The van der Waals surface area contributed by atoms with E-state index in [2.05, 4.69) is 0 Å². The van der Waals surface area contributed by atoms with Gasteiger partial charge in [0.05, 0.1) is 6.61 Å². The zero-order valence-electron chi connectivity index (χ0n) is 7.52. The highest BCUT2D eigenvalue weighted by Gasteiger charge is 2.16. The van der Waals surface area contributed by atoms with Crippen LogP contribution < -0.4 is 4.74 Å². The Bertz CT molecular complexity index is 358. The number of aromatic carboxylic acids is 1. The quantitative estimate of drug-likeness (QED) is 0.635. The van der Waals surface area contributed by atoms with Crippen LogP contribution in [0.4, 0.5) is 0 Å². The molecule has 0 atom stereocenters. The average molecular weight is 198 g/mol. The van der Waals surface area contributed by atoms with E-state index in [9.17, 15) is 15.0 Å². The number of benzene rings is 1. The minimum atomic E-state index is -1.30. The highest BCUT2D eigenvalue weighted by atomic mass is 16.5. The highest BCUT2D eigenvalue weighted by Crippen LogP contribution is 2.37. The topological polar surface area (TPSA) is 87.0 Å². The first-order chi connectivity index (χ1) is 6.57. The second kappa shape index (κ2) is 3.87. The molecule has 0 saturated heterocycles. The molecule has 0 spiro atoms. The van der Waals surface area contributed by atoms with Crippen molar-refractivity contribution in [2.75, 3.05) is 6.61 Å². The molecule has 14 heavy (non-hydrogen) atoms. The van der Waals surface area contributed by atoms with Gasteiger partial charge in [0, 0.05) is 0 Å². The number of carboxylic acids is 1. The molecule has 0 aliphatic carbocycles. The van der Waals surface area contributed by atoms with Crippen molar-refractivity contribution in [2.45, 2.75) is 6.92 Å². The third-order valence-corrected chi connectivity index (χ3v) is 1.64. The molecular weight excluding hydrogens is 188 g/mol. The fourth-order valence-corrected chi connectivity index (χ4v) is 1.01. The molecule has 0 radical (unpaired) electrons. The molecule has 0 aliphatic rings. The fourth-order valence-electron chi connectivity index (χ4n) is 1.01. The maximum atomic E-state index is 10.5. The molecule has 5 heteroatoms. The monoisotopic (exact) mass is 198 g/mol. The van der Waals surface area contributed by atoms with Crippen LogP contribution >= 0.6 is 0 Å². The largest absolute Gasteiger partial charge is 0.504 e. The molecule has 5 nitrogen and oxygen atoms in total. The van der Waals surface area contributed by atoms with Crippen LogP contribution in [0.5, 0.6) is 17.2 Å². The summed E-state index contributed by atoms with van der Waals surface area (Å²) in [6, 6.07) is 2.46. The van der Waals surface area contributed by atoms with Crippen molar-refractivity contribution in [1.82, 2.24) is 0 Å². The Balaban J connectivity index is 3.19. The van der Waals surface area contributed by atoms with Crippen molar-refractivity contribution < 1.29 is 24.9 Å². The number of phenolic OH excluding ortho intramolecular Hbond substituents is 1. The number of phenols is 2. The van der Waals surface area contributed by atoms with Crippen LogP contribution in [0.2, 0.25) is 0 Å². The number of rotatable bonds is 3. The van der Waals surface area contributed by atoms with E-state index in [-0.39, 0.29) is 11.3 Å². The molecule has 3 N–H and O–H groups in total. The lowest BCUT2D eigenvalue weighted by Crippen LogP contribution is -1.98. The van der Waals surface area contributed by atoms with E-state index in [1.54, 1.807) is 6.92 Å². The van der Waals surface area contributed by atoms with E-state index < -0.39 is 17.5 Å². The van der Waals surface area contributed by atoms with Crippen LogP contribution in [0.25, 0.3) is 0 Å². The Morgan fingerprint density at radius 3 is 2.50 bits per heavy atom. The summed E-state index contributed by atoms with van der Waals surface area (Å²) in [7, 11) is 0. The smallest absolute Gasteiger partial charge is 0.339 e. The Morgan fingerprint density at radius 1 is 1.36 bits per heavy atom. The van der Waals surface area contributed by atoms with E-state index in [1.807, 2.05) is 0 Å². The van der Waals surface area contributed by atoms with Crippen molar-refractivity contribution in [3.63, 3.8) is 0 Å². The summed E-state index contributed by atoms with van der Waals surface area (Å²) in [5.41, 5.74) is -0.356. The van der Waals surface area contributed by atoms with Crippen molar-refractivity contribution in [3.05, 3.63) is 17.7 Å². The standard InChI is InChI=1S/C9H10O5/c1-2-14-6-4-3-5(9(12)13)7(10)8(6)11/h3-4,10-11H,2H2,1H3,(H,12,13). The van der Waals surface area contributed by atoms with Crippen molar-refractivity contribution in [2.24, 2.45) is 0 Å². The number of hydrogen-bond acceptors (Lipinski definition) is 4. The number of aromatic hydroxyl groups is 2.